The Morgan fingerprint density at radius 1 is 1.17 bits per heavy atom. The van der Waals surface area contributed by atoms with Crippen LogP contribution < -0.4 is 0 Å². The fourth-order valence-corrected chi connectivity index (χ4v) is 2.67. The number of aromatic nitrogens is 2. The summed E-state index contributed by atoms with van der Waals surface area (Å²) in [4.78, 5) is 28.0. The Hall–Kier alpha value is -2.95. The molecule has 5 heteroatoms. The van der Waals surface area contributed by atoms with Gasteiger partial charge in [-0.3, -0.25) is 9.78 Å². The summed E-state index contributed by atoms with van der Waals surface area (Å²) in [5, 5.41) is 9.85. The van der Waals surface area contributed by atoms with E-state index < -0.39 is 5.97 Å². The van der Waals surface area contributed by atoms with Crippen LogP contribution in [0.25, 0.3) is 10.9 Å². The summed E-state index contributed by atoms with van der Waals surface area (Å²) in [5.41, 5.74) is 2.93. The smallest absolute Gasteiger partial charge is 0.335 e. The number of rotatable bonds is 4. The van der Waals surface area contributed by atoms with Crippen molar-refractivity contribution in [3.8, 4) is 0 Å². The number of hydrogen-bond acceptors (Lipinski definition) is 3. The van der Waals surface area contributed by atoms with Crippen LogP contribution in [0.5, 0.6) is 0 Å². The van der Waals surface area contributed by atoms with E-state index in [4.69, 9.17) is 5.11 Å². The van der Waals surface area contributed by atoms with Crippen LogP contribution in [0.2, 0.25) is 0 Å². The molecule has 0 amide bonds. The van der Waals surface area contributed by atoms with E-state index in [-0.39, 0.29) is 11.3 Å². The molecule has 3 rings (SSSR count). The Balaban J connectivity index is 2.14. The van der Waals surface area contributed by atoms with E-state index in [1.54, 1.807) is 36.5 Å². The highest BCUT2D eigenvalue weighted by Gasteiger charge is 2.18. The Morgan fingerprint density at radius 2 is 1.96 bits per heavy atom. The van der Waals surface area contributed by atoms with Gasteiger partial charge in [-0.2, -0.15) is 0 Å². The first-order chi connectivity index (χ1) is 11.0. The highest BCUT2D eigenvalue weighted by Crippen LogP contribution is 2.23. The lowest BCUT2D eigenvalue weighted by Gasteiger charge is -2.07. The molecule has 0 fully saturated rings. The van der Waals surface area contributed by atoms with Crippen LogP contribution in [-0.2, 0) is 6.54 Å². The first-order valence-corrected chi connectivity index (χ1v) is 7.35. The molecule has 1 N–H and O–H groups in total. The second-order valence-corrected chi connectivity index (χ2v) is 5.40. The minimum Gasteiger partial charge on any atom is -0.478 e. The fraction of sp³-hybridized carbons (Fsp3) is 0.167. The average molecular weight is 308 g/mol. The Bertz CT molecular complexity index is 908. The number of aromatic carboxylic acids is 1. The third-order valence-electron chi connectivity index (χ3n) is 3.84. The zero-order chi connectivity index (χ0) is 16.6. The molecule has 0 bridgehead atoms. The van der Waals surface area contributed by atoms with Crippen molar-refractivity contribution in [1.82, 2.24) is 9.55 Å². The van der Waals surface area contributed by atoms with Crippen LogP contribution in [0, 0.1) is 6.92 Å². The van der Waals surface area contributed by atoms with Crippen LogP contribution >= 0.6 is 0 Å². The van der Waals surface area contributed by atoms with Crippen LogP contribution in [-0.4, -0.2) is 26.4 Å². The van der Waals surface area contributed by atoms with Crippen LogP contribution in [0.3, 0.4) is 0 Å². The number of carbonyl (C=O) groups is 2. The molecule has 2 heterocycles. The first kappa shape index (κ1) is 15.0. The molecule has 0 spiro atoms. The summed E-state index contributed by atoms with van der Waals surface area (Å²) in [6.45, 7) is 4.48. The monoisotopic (exact) mass is 308 g/mol. The van der Waals surface area contributed by atoms with E-state index in [9.17, 15) is 9.59 Å². The quantitative estimate of drug-likeness (QED) is 0.751. The lowest BCUT2D eigenvalue weighted by molar-refractivity contribution is 0.0697. The molecular weight excluding hydrogens is 292 g/mol. The molecule has 116 valence electrons. The summed E-state index contributed by atoms with van der Waals surface area (Å²) in [5.74, 6) is -1.15. The van der Waals surface area contributed by atoms with E-state index in [0.717, 1.165) is 16.5 Å². The van der Waals surface area contributed by atoms with Gasteiger partial charge in [-0.1, -0.05) is 6.07 Å². The van der Waals surface area contributed by atoms with Gasteiger partial charge in [0.25, 0.3) is 0 Å². The third-order valence-corrected chi connectivity index (χ3v) is 3.84. The number of nitrogens with zero attached hydrogens (tertiary/aromatic N) is 2. The largest absolute Gasteiger partial charge is 0.478 e. The maximum atomic E-state index is 12.7. The van der Waals surface area contributed by atoms with Gasteiger partial charge in [-0.15, -0.1) is 0 Å². The minimum atomic E-state index is -0.982. The molecule has 0 saturated carbocycles. The Labute approximate surface area is 133 Å². The summed E-state index contributed by atoms with van der Waals surface area (Å²) >= 11 is 0. The van der Waals surface area contributed by atoms with Crippen LogP contribution in [0.15, 0.2) is 42.6 Å². The topological polar surface area (TPSA) is 72.2 Å². The number of ketones is 1. The summed E-state index contributed by atoms with van der Waals surface area (Å²) in [6, 6.07) is 10.2. The van der Waals surface area contributed by atoms with Gasteiger partial charge in [0.1, 0.15) is 5.69 Å². The molecule has 0 saturated heterocycles. The van der Waals surface area contributed by atoms with Gasteiger partial charge >= 0.3 is 5.97 Å². The SMILES string of the molecule is CCn1c(C(=O)c2ccc(C)cn2)cc2cc(C(=O)O)ccc21. The molecule has 0 aliphatic carbocycles. The first-order valence-electron chi connectivity index (χ1n) is 7.35. The van der Waals surface area contributed by atoms with Gasteiger partial charge in [-0.25, -0.2) is 4.79 Å². The van der Waals surface area contributed by atoms with E-state index in [1.807, 2.05) is 24.5 Å². The maximum absolute atomic E-state index is 12.7. The fourth-order valence-electron chi connectivity index (χ4n) is 2.67. The number of hydrogen-bond donors (Lipinski definition) is 1. The molecule has 2 aromatic heterocycles. The van der Waals surface area contributed by atoms with E-state index in [1.165, 1.54) is 0 Å². The van der Waals surface area contributed by atoms with Crippen molar-refractivity contribution in [3.05, 3.63) is 65.1 Å². The molecule has 0 radical (unpaired) electrons. The predicted octanol–water partition coefficient (Wildman–Crippen LogP) is 3.29. The number of aryl methyl sites for hydroxylation is 2. The second-order valence-electron chi connectivity index (χ2n) is 5.40. The number of carbonyl (C=O) groups excluding carboxylic acids is 1. The predicted molar refractivity (Wildman–Crippen MR) is 87.0 cm³/mol. The zero-order valence-corrected chi connectivity index (χ0v) is 12.9. The molecule has 1 aromatic carbocycles. The molecule has 5 nitrogen and oxygen atoms in total. The van der Waals surface area contributed by atoms with Gasteiger partial charge in [0.2, 0.25) is 5.78 Å². The highest BCUT2D eigenvalue weighted by atomic mass is 16.4. The lowest BCUT2D eigenvalue weighted by atomic mass is 10.1. The van der Waals surface area contributed by atoms with Crippen molar-refractivity contribution in [2.45, 2.75) is 20.4 Å². The summed E-state index contributed by atoms with van der Waals surface area (Å²) < 4.78 is 1.88. The van der Waals surface area contributed by atoms with Crippen molar-refractivity contribution in [1.29, 1.82) is 0 Å². The number of fused-ring (bicyclic) bond motifs is 1. The number of carboxylic acid groups (broad SMARTS) is 1. The van der Waals surface area contributed by atoms with Gasteiger partial charge in [0.15, 0.2) is 0 Å². The average Bonchev–Trinajstić information content (AvgIpc) is 2.92. The minimum absolute atomic E-state index is 0.167. The Morgan fingerprint density at radius 3 is 2.57 bits per heavy atom. The molecule has 0 aliphatic rings. The zero-order valence-electron chi connectivity index (χ0n) is 12.9. The number of carboxylic acids is 1. The lowest BCUT2D eigenvalue weighted by Crippen LogP contribution is -2.10. The normalized spacial score (nSPS) is 10.9. The molecule has 0 unspecified atom stereocenters. The van der Waals surface area contributed by atoms with Crippen molar-refractivity contribution >= 4 is 22.7 Å². The third kappa shape index (κ3) is 2.61. The van der Waals surface area contributed by atoms with Gasteiger partial charge in [0, 0.05) is 23.6 Å². The summed E-state index contributed by atoms with van der Waals surface area (Å²) in [6.07, 6.45) is 1.66. The van der Waals surface area contributed by atoms with Crippen molar-refractivity contribution in [2.75, 3.05) is 0 Å². The van der Waals surface area contributed by atoms with Crippen molar-refractivity contribution < 1.29 is 14.7 Å². The summed E-state index contributed by atoms with van der Waals surface area (Å²) in [7, 11) is 0. The van der Waals surface area contributed by atoms with E-state index >= 15 is 0 Å². The van der Waals surface area contributed by atoms with Gasteiger partial charge < -0.3 is 9.67 Å². The molecule has 0 atom stereocenters. The molecule has 23 heavy (non-hydrogen) atoms. The molecule has 0 aliphatic heterocycles. The molecule has 3 aromatic rings. The van der Waals surface area contributed by atoms with Crippen LogP contribution in [0.1, 0.15) is 39.0 Å². The second kappa shape index (κ2) is 5.68. The van der Waals surface area contributed by atoms with Crippen molar-refractivity contribution in [3.63, 3.8) is 0 Å². The van der Waals surface area contributed by atoms with Crippen LogP contribution in [0.4, 0.5) is 0 Å². The number of benzene rings is 1. The number of pyridine rings is 1. The Kier molecular flexibility index (Phi) is 3.70. The molecular formula is C18H16N2O3. The van der Waals surface area contributed by atoms with Gasteiger partial charge in [-0.05, 0) is 49.7 Å². The highest BCUT2D eigenvalue weighted by molar-refractivity contribution is 6.09. The standard InChI is InChI=1S/C18H16N2O3/c1-3-20-15-7-5-12(18(22)23)8-13(15)9-16(20)17(21)14-6-4-11(2)10-19-14/h4-10H,3H2,1-2H3,(H,22,23). The van der Waals surface area contributed by atoms with E-state index in [2.05, 4.69) is 4.98 Å². The maximum Gasteiger partial charge on any atom is 0.335 e. The van der Waals surface area contributed by atoms with Crippen molar-refractivity contribution in [2.24, 2.45) is 0 Å². The van der Waals surface area contributed by atoms with E-state index in [0.29, 0.717) is 17.9 Å². The van der Waals surface area contributed by atoms with Gasteiger partial charge in [0.05, 0.1) is 11.3 Å².